The number of carbonyl (C=O) groups excluding carboxylic acids is 4. The van der Waals surface area contributed by atoms with Crippen molar-refractivity contribution < 1.29 is 29.4 Å². The van der Waals surface area contributed by atoms with Crippen LogP contribution in [-0.4, -0.2) is 101 Å². The Morgan fingerprint density at radius 1 is 0.809 bits per heavy atom. The first-order valence-electron chi connectivity index (χ1n) is 16.8. The summed E-state index contributed by atoms with van der Waals surface area (Å²) in [6.07, 6.45) is 2.65. The molecule has 0 fully saturated rings. The van der Waals surface area contributed by atoms with Crippen LogP contribution in [0.15, 0.2) is 42.5 Å². The number of hydrogen-bond donors (Lipinski definition) is 4. The minimum absolute atomic E-state index is 0.0543. The van der Waals surface area contributed by atoms with Crippen molar-refractivity contribution >= 4 is 23.6 Å². The van der Waals surface area contributed by atoms with Gasteiger partial charge in [-0.3, -0.25) is 24.6 Å². The molecule has 2 aromatic carbocycles. The maximum absolute atomic E-state index is 13.9. The van der Waals surface area contributed by atoms with Crippen molar-refractivity contribution in [3.8, 4) is 5.75 Å². The molecule has 0 aromatic heterocycles. The van der Waals surface area contributed by atoms with E-state index >= 15 is 0 Å². The van der Waals surface area contributed by atoms with Crippen LogP contribution < -0.4 is 10.7 Å². The number of hydrazine groups is 1. The first-order valence-corrected chi connectivity index (χ1v) is 16.8. The summed E-state index contributed by atoms with van der Waals surface area (Å²) in [7, 11) is 3.21. The lowest BCUT2D eigenvalue weighted by Gasteiger charge is -2.31. The molecule has 11 heteroatoms. The third kappa shape index (κ3) is 13.0. The average molecular weight is 654 g/mol. The van der Waals surface area contributed by atoms with E-state index in [1.54, 1.807) is 36.1 Å². The number of phenols is 1. The smallest absolute Gasteiger partial charge is 0.253 e. The van der Waals surface area contributed by atoms with Gasteiger partial charge in [0.2, 0.25) is 5.91 Å². The summed E-state index contributed by atoms with van der Waals surface area (Å²) in [5.41, 5.74) is 4.23. The molecule has 0 spiro atoms. The third-order valence-electron chi connectivity index (χ3n) is 7.61. The molecule has 0 aliphatic carbocycles. The maximum Gasteiger partial charge on any atom is 0.253 e. The number of aliphatic hydroxyl groups excluding tert-OH is 1. The van der Waals surface area contributed by atoms with E-state index in [9.17, 15) is 29.4 Å². The minimum atomic E-state index is -1.11. The summed E-state index contributed by atoms with van der Waals surface area (Å²) in [5, 5.41) is 26.0. The maximum atomic E-state index is 13.9. The van der Waals surface area contributed by atoms with Crippen molar-refractivity contribution in [2.24, 2.45) is 5.92 Å². The second-order valence-corrected chi connectivity index (χ2v) is 12.7. The fourth-order valence-electron chi connectivity index (χ4n) is 5.21. The van der Waals surface area contributed by atoms with E-state index in [2.05, 4.69) is 10.7 Å². The molecule has 47 heavy (non-hydrogen) atoms. The zero-order valence-corrected chi connectivity index (χ0v) is 29.2. The zero-order chi connectivity index (χ0) is 35.1. The lowest BCUT2D eigenvalue weighted by Crippen LogP contribution is -2.53. The molecule has 0 saturated heterocycles. The average Bonchev–Trinajstić information content (AvgIpc) is 3.02. The van der Waals surface area contributed by atoms with Crippen molar-refractivity contribution in [3.05, 3.63) is 64.7 Å². The van der Waals surface area contributed by atoms with Crippen LogP contribution in [0.4, 0.5) is 0 Å². The summed E-state index contributed by atoms with van der Waals surface area (Å²) in [4.78, 5) is 56.3. The van der Waals surface area contributed by atoms with Crippen LogP contribution in [0.1, 0.15) is 103 Å². The van der Waals surface area contributed by atoms with Gasteiger partial charge in [0.25, 0.3) is 17.7 Å². The molecule has 2 rings (SSSR count). The van der Waals surface area contributed by atoms with Crippen LogP contribution in [0.3, 0.4) is 0 Å². The normalized spacial score (nSPS) is 12.5. The number of aliphatic hydroxyl groups is 1. The SMILES string of the molecule is CCCCN(CC(O)C(Cc1ccc(O)cc1)NC(=O)c1cc(C(=O)N(C)C)cc(C(=O)N(CCC)CCC)c1)NC(=O)CC(C)C. The van der Waals surface area contributed by atoms with E-state index in [0.29, 0.717) is 26.1 Å². The van der Waals surface area contributed by atoms with Gasteiger partial charge >= 0.3 is 0 Å². The zero-order valence-electron chi connectivity index (χ0n) is 29.2. The number of unbranched alkanes of at least 4 members (excludes halogenated alkanes) is 1. The number of aromatic hydroxyl groups is 1. The quantitative estimate of drug-likeness (QED) is 0.166. The largest absolute Gasteiger partial charge is 0.508 e. The van der Waals surface area contributed by atoms with Crippen LogP contribution in [0.5, 0.6) is 5.75 Å². The number of rotatable bonds is 19. The molecule has 11 nitrogen and oxygen atoms in total. The van der Waals surface area contributed by atoms with Crippen LogP contribution >= 0.6 is 0 Å². The summed E-state index contributed by atoms with van der Waals surface area (Å²) in [6.45, 7) is 11.6. The van der Waals surface area contributed by atoms with Gasteiger partial charge in [0.1, 0.15) is 5.75 Å². The highest BCUT2D eigenvalue weighted by Gasteiger charge is 2.27. The molecule has 2 aromatic rings. The molecular weight excluding hydrogens is 598 g/mol. The molecule has 0 aliphatic heterocycles. The molecule has 2 atom stereocenters. The Labute approximate surface area is 280 Å². The van der Waals surface area contributed by atoms with Gasteiger partial charge in [0.05, 0.1) is 12.1 Å². The molecule has 0 aliphatic rings. The van der Waals surface area contributed by atoms with Crippen molar-refractivity contribution in [2.75, 3.05) is 40.3 Å². The van der Waals surface area contributed by atoms with Gasteiger partial charge in [0, 0.05) is 63.4 Å². The number of nitrogens with zero attached hydrogens (tertiary/aromatic N) is 3. The van der Waals surface area contributed by atoms with E-state index in [1.807, 2.05) is 34.6 Å². The van der Waals surface area contributed by atoms with Crippen molar-refractivity contribution in [1.29, 1.82) is 0 Å². The molecule has 260 valence electrons. The standard InChI is InChI=1S/C36H55N5O6/c1-8-11-18-41(38-33(44)19-25(4)5)24-32(43)31(20-26-12-14-30(42)15-13-26)37-34(45)27-21-28(35(46)39(6)7)23-29(22-27)36(47)40(16-9-2)17-10-3/h12-15,21-23,25,31-32,42-43H,8-11,16-20,24H2,1-7H3,(H,37,45)(H,38,44). The lowest BCUT2D eigenvalue weighted by molar-refractivity contribution is -0.127. The van der Waals surface area contributed by atoms with Crippen LogP contribution in [0.2, 0.25) is 0 Å². The summed E-state index contributed by atoms with van der Waals surface area (Å²) in [6, 6.07) is 10.2. The number of phenolic OH excluding ortho intramolecular Hbond substituents is 1. The van der Waals surface area contributed by atoms with Gasteiger partial charge in [0.15, 0.2) is 0 Å². The Balaban J connectivity index is 2.48. The Bertz CT molecular complexity index is 1310. The van der Waals surface area contributed by atoms with Crippen LogP contribution in [0.25, 0.3) is 0 Å². The first-order chi connectivity index (χ1) is 22.3. The Kier molecular flexibility index (Phi) is 16.4. The fraction of sp³-hybridized carbons (Fsp3) is 0.556. The number of nitrogens with one attached hydrogen (secondary N) is 2. The topological polar surface area (TPSA) is 143 Å². The molecule has 4 amide bonds. The van der Waals surface area contributed by atoms with Gasteiger partial charge in [-0.25, -0.2) is 5.01 Å². The second kappa shape index (κ2) is 19.6. The van der Waals surface area contributed by atoms with E-state index in [4.69, 9.17) is 0 Å². The van der Waals surface area contributed by atoms with E-state index < -0.39 is 18.1 Å². The summed E-state index contributed by atoms with van der Waals surface area (Å²) in [5.74, 6) is -1.07. The molecule has 0 saturated carbocycles. The summed E-state index contributed by atoms with van der Waals surface area (Å²) < 4.78 is 0. The second-order valence-electron chi connectivity index (χ2n) is 12.7. The predicted molar refractivity (Wildman–Crippen MR) is 184 cm³/mol. The Morgan fingerprint density at radius 2 is 1.38 bits per heavy atom. The van der Waals surface area contributed by atoms with Crippen molar-refractivity contribution in [1.82, 2.24) is 25.6 Å². The highest BCUT2D eigenvalue weighted by Crippen LogP contribution is 2.18. The minimum Gasteiger partial charge on any atom is -0.508 e. The van der Waals surface area contributed by atoms with Gasteiger partial charge in [-0.05, 0) is 67.5 Å². The monoisotopic (exact) mass is 653 g/mol. The molecule has 0 radical (unpaired) electrons. The lowest BCUT2D eigenvalue weighted by atomic mass is 9.99. The van der Waals surface area contributed by atoms with Gasteiger partial charge < -0.3 is 25.3 Å². The number of carbonyl (C=O) groups is 4. The highest BCUT2D eigenvalue weighted by molar-refractivity contribution is 6.04. The van der Waals surface area contributed by atoms with Crippen LogP contribution in [-0.2, 0) is 11.2 Å². The Morgan fingerprint density at radius 3 is 1.91 bits per heavy atom. The van der Waals surface area contributed by atoms with Gasteiger partial charge in [-0.1, -0.05) is 53.2 Å². The number of amides is 4. The fourth-order valence-corrected chi connectivity index (χ4v) is 5.21. The Hall–Kier alpha value is -3.96. The third-order valence-corrected chi connectivity index (χ3v) is 7.61. The van der Waals surface area contributed by atoms with Gasteiger partial charge in [-0.15, -0.1) is 0 Å². The predicted octanol–water partition coefficient (Wildman–Crippen LogP) is 4.24. The van der Waals surface area contributed by atoms with Crippen molar-refractivity contribution in [2.45, 2.75) is 85.3 Å². The van der Waals surface area contributed by atoms with E-state index in [0.717, 1.165) is 31.2 Å². The van der Waals surface area contributed by atoms with E-state index in [-0.39, 0.29) is 59.0 Å². The van der Waals surface area contributed by atoms with Crippen LogP contribution in [0, 0.1) is 5.92 Å². The molecule has 2 unspecified atom stereocenters. The molecule has 0 bridgehead atoms. The highest BCUT2D eigenvalue weighted by atomic mass is 16.3. The van der Waals surface area contributed by atoms with E-state index in [1.165, 1.54) is 35.2 Å². The number of hydrogen-bond acceptors (Lipinski definition) is 7. The van der Waals surface area contributed by atoms with Crippen molar-refractivity contribution in [3.63, 3.8) is 0 Å². The molecule has 0 heterocycles. The molecular formula is C36H55N5O6. The number of benzene rings is 2. The molecule has 4 N–H and O–H groups in total. The van der Waals surface area contributed by atoms with Gasteiger partial charge in [-0.2, -0.15) is 0 Å². The summed E-state index contributed by atoms with van der Waals surface area (Å²) >= 11 is 0. The first kappa shape index (κ1) is 39.2.